The van der Waals surface area contributed by atoms with Gasteiger partial charge < -0.3 is 34.8 Å². The zero-order valence-corrected chi connectivity index (χ0v) is 25.6. The Kier molecular flexibility index (Phi) is 10.5. The molecule has 2 saturated heterocycles. The Bertz CT molecular complexity index is 1370. The first-order valence-corrected chi connectivity index (χ1v) is 15.7. The molecule has 0 bridgehead atoms. The number of ether oxygens (including phenoxy) is 2. The Labute approximate surface area is 262 Å². The van der Waals surface area contributed by atoms with Crippen molar-refractivity contribution in [3.05, 3.63) is 42.1 Å². The van der Waals surface area contributed by atoms with Crippen molar-refractivity contribution >= 4 is 29.7 Å². The maximum atomic E-state index is 13.2. The summed E-state index contributed by atoms with van der Waals surface area (Å²) >= 11 is 0. The first kappa shape index (κ1) is 31.8. The Balaban J connectivity index is 1.17. The van der Waals surface area contributed by atoms with Crippen LogP contribution >= 0.6 is 0 Å². The highest BCUT2D eigenvalue weighted by atomic mass is 16.6. The van der Waals surface area contributed by atoms with Crippen LogP contribution in [0, 0.1) is 0 Å². The Hall–Kier alpha value is -4.62. The minimum atomic E-state index is -0.580. The standard InChI is InChI=1S/C31H41N7O7/c1-2-18-44-31(43)36-16-14-35(15-17-36)26(39)20-32-29(41)24-19-28(38(34-24)23-10-4-3-5-11-23)45-21-27(40)37-13-7-12-25(37)30(42)33-22-8-6-9-22/h3-5,10-11,19,22,25H,2,6-9,12-18,20-21H2,1H3,(H,32,41)(H,33,42)/t25-/m0/s1. The van der Waals surface area contributed by atoms with Crippen molar-refractivity contribution in [2.75, 3.05) is 52.5 Å². The molecule has 5 rings (SSSR count). The molecule has 14 nitrogen and oxygen atoms in total. The number of rotatable bonds is 11. The normalized spacial score (nSPS) is 18.2. The number of nitrogens with one attached hydrogen (secondary N) is 2. The number of piperazine rings is 1. The van der Waals surface area contributed by atoms with Crippen molar-refractivity contribution in [1.29, 1.82) is 0 Å². The van der Waals surface area contributed by atoms with Crippen LogP contribution in [0.5, 0.6) is 5.88 Å². The lowest BCUT2D eigenvalue weighted by Gasteiger charge is -2.34. The second-order valence-electron chi connectivity index (χ2n) is 11.5. The predicted octanol–water partition coefficient (Wildman–Crippen LogP) is 1.33. The van der Waals surface area contributed by atoms with E-state index in [-0.39, 0.29) is 54.6 Å². The molecule has 2 aromatic rings. The fraction of sp³-hybridized carbons (Fsp3) is 0.548. The van der Waals surface area contributed by atoms with Gasteiger partial charge in [0.25, 0.3) is 11.8 Å². The van der Waals surface area contributed by atoms with Crippen molar-refractivity contribution in [2.24, 2.45) is 0 Å². The van der Waals surface area contributed by atoms with Gasteiger partial charge in [0.1, 0.15) is 6.04 Å². The van der Waals surface area contributed by atoms with E-state index < -0.39 is 11.9 Å². The molecule has 1 atom stereocenters. The molecule has 0 spiro atoms. The molecule has 1 aromatic heterocycles. The molecule has 45 heavy (non-hydrogen) atoms. The summed E-state index contributed by atoms with van der Waals surface area (Å²) in [5, 5.41) is 10.1. The van der Waals surface area contributed by atoms with Crippen LogP contribution in [0.2, 0.25) is 0 Å². The number of amides is 5. The second-order valence-corrected chi connectivity index (χ2v) is 11.5. The molecule has 0 unspecified atom stereocenters. The minimum absolute atomic E-state index is 0.0107. The van der Waals surface area contributed by atoms with Crippen LogP contribution in [0.4, 0.5) is 4.79 Å². The van der Waals surface area contributed by atoms with Crippen LogP contribution in [0.3, 0.4) is 0 Å². The van der Waals surface area contributed by atoms with Crippen LogP contribution in [0.1, 0.15) is 55.9 Å². The summed E-state index contributed by atoms with van der Waals surface area (Å²) in [7, 11) is 0. The summed E-state index contributed by atoms with van der Waals surface area (Å²) < 4.78 is 12.5. The third kappa shape index (κ3) is 7.91. The van der Waals surface area contributed by atoms with Crippen LogP contribution < -0.4 is 15.4 Å². The molecule has 2 aliphatic heterocycles. The molecule has 1 saturated carbocycles. The van der Waals surface area contributed by atoms with Crippen molar-refractivity contribution in [1.82, 2.24) is 35.1 Å². The van der Waals surface area contributed by atoms with E-state index >= 15 is 0 Å². The average molecular weight is 624 g/mol. The fourth-order valence-electron chi connectivity index (χ4n) is 5.52. The van der Waals surface area contributed by atoms with Gasteiger partial charge in [-0.1, -0.05) is 25.1 Å². The van der Waals surface area contributed by atoms with Gasteiger partial charge in [0.2, 0.25) is 17.7 Å². The SMILES string of the molecule is CCCOC(=O)N1CCN(C(=O)CNC(=O)c2cc(OCC(=O)N3CCC[C@H]3C(=O)NC3CCC3)n(-c3ccccc3)n2)CC1. The molecule has 5 amide bonds. The van der Waals surface area contributed by atoms with Crippen molar-refractivity contribution < 1.29 is 33.4 Å². The van der Waals surface area contributed by atoms with E-state index in [0.29, 0.717) is 51.4 Å². The average Bonchev–Trinajstić information content (AvgIpc) is 3.72. The number of hydrogen-bond acceptors (Lipinski definition) is 8. The van der Waals surface area contributed by atoms with E-state index in [1.807, 2.05) is 25.1 Å². The summed E-state index contributed by atoms with van der Waals surface area (Å²) in [5.41, 5.74) is 0.626. The Morgan fingerprint density at radius 2 is 1.64 bits per heavy atom. The zero-order chi connectivity index (χ0) is 31.8. The predicted molar refractivity (Wildman–Crippen MR) is 162 cm³/mol. The van der Waals surface area contributed by atoms with Gasteiger partial charge in [0, 0.05) is 44.8 Å². The van der Waals surface area contributed by atoms with Crippen LogP contribution in [-0.2, 0) is 19.1 Å². The second kappa shape index (κ2) is 14.9. The molecule has 242 valence electrons. The van der Waals surface area contributed by atoms with Gasteiger partial charge in [0.15, 0.2) is 12.3 Å². The van der Waals surface area contributed by atoms with Gasteiger partial charge in [0.05, 0.1) is 18.8 Å². The lowest BCUT2D eigenvalue weighted by atomic mass is 9.93. The van der Waals surface area contributed by atoms with Gasteiger partial charge in [-0.3, -0.25) is 19.2 Å². The largest absolute Gasteiger partial charge is 0.467 e. The third-order valence-corrected chi connectivity index (χ3v) is 8.30. The number of carbonyl (C=O) groups excluding carboxylic acids is 5. The molecule has 3 fully saturated rings. The van der Waals surface area contributed by atoms with E-state index in [0.717, 1.165) is 32.1 Å². The number of likely N-dealkylation sites (tertiary alicyclic amines) is 1. The van der Waals surface area contributed by atoms with E-state index in [1.54, 1.807) is 26.8 Å². The molecule has 1 aliphatic carbocycles. The number of nitrogens with zero attached hydrogens (tertiary/aromatic N) is 5. The molecular weight excluding hydrogens is 582 g/mol. The highest BCUT2D eigenvalue weighted by Gasteiger charge is 2.36. The smallest absolute Gasteiger partial charge is 0.409 e. The van der Waals surface area contributed by atoms with E-state index in [1.165, 1.54) is 10.7 Å². The molecule has 3 heterocycles. The number of carbonyl (C=O) groups is 5. The minimum Gasteiger partial charge on any atom is -0.467 e. The summed E-state index contributed by atoms with van der Waals surface area (Å²) in [6.07, 6.45) is 4.73. The maximum absolute atomic E-state index is 13.2. The number of hydrogen-bond donors (Lipinski definition) is 2. The first-order valence-electron chi connectivity index (χ1n) is 15.7. The third-order valence-electron chi connectivity index (χ3n) is 8.30. The summed E-state index contributed by atoms with van der Waals surface area (Å²) in [6.45, 7) is 3.55. The molecule has 0 radical (unpaired) electrons. The molecule has 1 aromatic carbocycles. The van der Waals surface area contributed by atoms with Gasteiger partial charge >= 0.3 is 6.09 Å². The topological polar surface area (TPSA) is 155 Å². The molecule has 2 N–H and O–H groups in total. The zero-order valence-electron chi connectivity index (χ0n) is 25.6. The van der Waals surface area contributed by atoms with E-state index in [9.17, 15) is 24.0 Å². The monoisotopic (exact) mass is 623 g/mol. The Morgan fingerprint density at radius 1 is 0.911 bits per heavy atom. The lowest BCUT2D eigenvalue weighted by Crippen LogP contribution is -2.52. The highest BCUT2D eigenvalue weighted by molar-refractivity contribution is 5.95. The van der Waals surface area contributed by atoms with Crippen molar-refractivity contribution in [3.63, 3.8) is 0 Å². The lowest BCUT2D eigenvalue weighted by molar-refractivity contribution is -0.140. The summed E-state index contributed by atoms with van der Waals surface area (Å²) in [5.74, 6) is -1.13. The summed E-state index contributed by atoms with van der Waals surface area (Å²) in [4.78, 5) is 68.6. The van der Waals surface area contributed by atoms with Crippen molar-refractivity contribution in [3.8, 4) is 11.6 Å². The highest BCUT2D eigenvalue weighted by Crippen LogP contribution is 2.23. The van der Waals surface area contributed by atoms with Crippen LogP contribution in [-0.4, -0.2) is 119 Å². The summed E-state index contributed by atoms with van der Waals surface area (Å²) in [6, 6.07) is 10.1. The maximum Gasteiger partial charge on any atom is 0.409 e. The number of aromatic nitrogens is 2. The van der Waals surface area contributed by atoms with E-state index in [4.69, 9.17) is 9.47 Å². The van der Waals surface area contributed by atoms with Crippen LogP contribution in [0.25, 0.3) is 5.69 Å². The Morgan fingerprint density at radius 3 is 2.33 bits per heavy atom. The van der Waals surface area contributed by atoms with E-state index in [2.05, 4.69) is 15.7 Å². The number of benzene rings is 1. The quantitative estimate of drug-likeness (QED) is 0.380. The van der Waals surface area contributed by atoms with Crippen LogP contribution in [0.15, 0.2) is 36.4 Å². The molecule has 3 aliphatic rings. The van der Waals surface area contributed by atoms with Gasteiger partial charge in [-0.05, 0) is 50.7 Å². The van der Waals surface area contributed by atoms with Crippen molar-refractivity contribution in [2.45, 2.75) is 57.5 Å². The number of para-hydroxylation sites is 1. The van der Waals surface area contributed by atoms with Gasteiger partial charge in [-0.2, -0.15) is 5.10 Å². The van der Waals surface area contributed by atoms with Gasteiger partial charge in [-0.25, -0.2) is 9.48 Å². The van der Waals surface area contributed by atoms with Gasteiger partial charge in [-0.15, -0.1) is 0 Å². The fourth-order valence-corrected chi connectivity index (χ4v) is 5.52. The molecule has 14 heteroatoms. The first-order chi connectivity index (χ1) is 21.8. The molecular formula is C31H41N7O7.